The van der Waals surface area contributed by atoms with Crippen molar-refractivity contribution in [2.75, 3.05) is 7.05 Å². The molecule has 0 aromatic carbocycles. The maximum atomic E-state index is 13.8. The lowest BCUT2D eigenvalue weighted by atomic mass is 9.75. The highest BCUT2D eigenvalue weighted by Gasteiger charge is 2.37. The molecule has 3 N–H and O–H groups in total. The zero-order chi connectivity index (χ0) is 19.6. The van der Waals surface area contributed by atoms with E-state index in [0.29, 0.717) is 30.5 Å². The molecule has 1 saturated heterocycles. The molecular formula is C22H28FN3O. The maximum Gasteiger partial charge on any atom is 0.265 e. The van der Waals surface area contributed by atoms with Crippen molar-refractivity contribution in [3.05, 3.63) is 58.5 Å². The standard InChI is InChI=1S/C22H28FN3O/c1-4-5-15-11-14(7-9-19(15)24)17-12-20(25-3)22(27)26-21(17)16-6-8-18(23)13(2)10-16/h4-5,7,10-11,17,19,21H,6,8-9,12,24H2,1-3H3,(H,26,27). The topological polar surface area (TPSA) is 67.5 Å². The normalized spacial score (nSPS) is 31.0. The molecular weight excluding hydrogens is 341 g/mol. The van der Waals surface area contributed by atoms with Gasteiger partial charge in [-0.2, -0.15) is 0 Å². The average molecular weight is 369 g/mol. The van der Waals surface area contributed by atoms with Gasteiger partial charge in [0.2, 0.25) is 0 Å². The van der Waals surface area contributed by atoms with Gasteiger partial charge in [0.15, 0.2) is 0 Å². The first-order valence-electron chi connectivity index (χ1n) is 9.56. The number of aliphatic imine (C=N–C) groups is 1. The van der Waals surface area contributed by atoms with E-state index in [0.717, 1.165) is 17.6 Å². The van der Waals surface area contributed by atoms with Gasteiger partial charge in [-0.1, -0.05) is 30.4 Å². The van der Waals surface area contributed by atoms with E-state index in [-0.39, 0.29) is 29.7 Å². The van der Waals surface area contributed by atoms with Crippen molar-refractivity contribution in [2.45, 2.75) is 51.6 Å². The number of allylic oxidation sites excluding steroid dienone is 5. The van der Waals surface area contributed by atoms with Gasteiger partial charge in [-0.25, -0.2) is 4.39 Å². The minimum absolute atomic E-state index is 0.00550. The number of carbonyl (C=O) groups is 1. The SMILES string of the molecule is CC=CC1=CC(C2CC(=NC)C(=O)NC2C2=CC(C)=C(F)CC2)=CCC1N. The lowest BCUT2D eigenvalue weighted by Crippen LogP contribution is -2.51. The van der Waals surface area contributed by atoms with E-state index in [2.05, 4.69) is 22.5 Å². The first-order valence-corrected chi connectivity index (χ1v) is 9.56. The summed E-state index contributed by atoms with van der Waals surface area (Å²) in [6.45, 7) is 3.77. The van der Waals surface area contributed by atoms with Crippen molar-refractivity contribution in [3.63, 3.8) is 0 Å². The lowest BCUT2D eigenvalue weighted by Gasteiger charge is -2.37. The summed E-state index contributed by atoms with van der Waals surface area (Å²) in [7, 11) is 1.65. The van der Waals surface area contributed by atoms with Crippen LogP contribution in [0.2, 0.25) is 0 Å². The zero-order valence-corrected chi connectivity index (χ0v) is 16.3. The molecule has 5 heteroatoms. The van der Waals surface area contributed by atoms with Crippen LogP contribution in [0.25, 0.3) is 0 Å². The summed E-state index contributed by atoms with van der Waals surface area (Å²) in [6, 6.07) is -0.149. The van der Waals surface area contributed by atoms with Gasteiger partial charge in [-0.3, -0.25) is 9.79 Å². The van der Waals surface area contributed by atoms with Crippen LogP contribution < -0.4 is 11.1 Å². The number of amides is 1. The third kappa shape index (κ3) is 4.03. The van der Waals surface area contributed by atoms with Crippen LogP contribution in [-0.4, -0.2) is 30.8 Å². The second-order valence-corrected chi connectivity index (χ2v) is 7.43. The van der Waals surface area contributed by atoms with Crippen LogP contribution in [0.3, 0.4) is 0 Å². The molecule has 27 heavy (non-hydrogen) atoms. The Labute approximate surface area is 160 Å². The number of hydrogen-bond acceptors (Lipinski definition) is 3. The second-order valence-electron chi connectivity index (χ2n) is 7.43. The minimum Gasteiger partial charge on any atom is -0.344 e. The number of nitrogens with zero attached hydrogens (tertiary/aromatic N) is 1. The Morgan fingerprint density at radius 3 is 2.78 bits per heavy atom. The Morgan fingerprint density at radius 2 is 2.11 bits per heavy atom. The molecule has 0 aromatic heterocycles. The highest BCUT2D eigenvalue weighted by molar-refractivity contribution is 6.39. The monoisotopic (exact) mass is 369 g/mol. The van der Waals surface area contributed by atoms with Gasteiger partial charge in [0, 0.05) is 31.8 Å². The molecule has 3 rings (SSSR count). The summed E-state index contributed by atoms with van der Waals surface area (Å²) in [4.78, 5) is 16.6. The number of rotatable bonds is 3. The lowest BCUT2D eigenvalue weighted by molar-refractivity contribution is -0.116. The summed E-state index contributed by atoms with van der Waals surface area (Å²) in [5.41, 5.74) is 10.8. The van der Waals surface area contributed by atoms with E-state index in [1.807, 2.05) is 25.2 Å². The fourth-order valence-corrected chi connectivity index (χ4v) is 4.10. The summed E-state index contributed by atoms with van der Waals surface area (Å²) in [5, 5.41) is 3.13. The molecule has 144 valence electrons. The Morgan fingerprint density at radius 1 is 1.33 bits per heavy atom. The number of halogens is 1. The van der Waals surface area contributed by atoms with Crippen LogP contribution in [0, 0.1) is 5.92 Å². The zero-order valence-electron chi connectivity index (χ0n) is 16.3. The maximum absolute atomic E-state index is 13.8. The summed E-state index contributed by atoms with van der Waals surface area (Å²) >= 11 is 0. The van der Waals surface area contributed by atoms with Crippen LogP contribution in [0.4, 0.5) is 4.39 Å². The van der Waals surface area contributed by atoms with Crippen molar-refractivity contribution >= 4 is 11.6 Å². The molecule has 0 saturated carbocycles. The Hall–Kier alpha value is -2.27. The van der Waals surface area contributed by atoms with Gasteiger partial charge in [0.05, 0.1) is 11.8 Å². The Balaban J connectivity index is 1.99. The average Bonchev–Trinajstić information content (AvgIpc) is 2.66. The molecule has 1 amide bonds. The highest BCUT2D eigenvalue weighted by Crippen LogP contribution is 2.36. The quantitative estimate of drug-likeness (QED) is 0.797. The van der Waals surface area contributed by atoms with Crippen LogP contribution in [-0.2, 0) is 4.79 Å². The second kappa shape index (κ2) is 8.17. The fraction of sp³-hybridized carbons (Fsp3) is 0.455. The van der Waals surface area contributed by atoms with Gasteiger partial charge in [-0.05, 0) is 49.0 Å². The number of nitrogens with one attached hydrogen (secondary N) is 1. The summed E-state index contributed by atoms with van der Waals surface area (Å²) in [5.74, 6) is -0.112. The van der Waals surface area contributed by atoms with Crippen molar-refractivity contribution in [2.24, 2.45) is 16.6 Å². The fourth-order valence-electron chi connectivity index (χ4n) is 4.10. The number of piperidine rings is 1. The molecule has 0 aromatic rings. The molecule has 3 aliphatic rings. The first-order chi connectivity index (χ1) is 12.9. The van der Waals surface area contributed by atoms with Crippen LogP contribution in [0.5, 0.6) is 0 Å². The molecule has 0 radical (unpaired) electrons. The van der Waals surface area contributed by atoms with Crippen molar-refractivity contribution in [1.29, 1.82) is 0 Å². The van der Waals surface area contributed by atoms with E-state index in [1.165, 1.54) is 5.57 Å². The molecule has 1 fully saturated rings. The van der Waals surface area contributed by atoms with Crippen molar-refractivity contribution < 1.29 is 9.18 Å². The van der Waals surface area contributed by atoms with Gasteiger partial charge in [0.25, 0.3) is 5.91 Å². The van der Waals surface area contributed by atoms with Crippen molar-refractivity contribution in [1.82, 2.24) is 5.32 Å². The largest absolute Gasteiger partial charge is 0.344 e. The third-order valence-electron chi connectivity index (χ3n) is 5.65. The van der Waals surface area contributed by atoms with Crippen LogP contribution in [0.15, 0.2) is 63.5 Å². The van der Waals surface area contributed by atoms with Gasteiger partial charge in [-0.15, -0.1) is 0 Å². The van der Waals surface area contributed by atoms with E-state index < -0.39 is 0 Å². The smallest absolute Gasteiger partial charge is 0.265 e. The van der Waals surface area contributed by atoms with Gasteiger partial charge < -0.3 is 11.1 Å². The third-order valence-corrected chi connectivity index (χ3v) is 5.65. The Kier molecular flexibility index (Phi) is 5.90. The predicted octanol–water partition coefficient (Wildman–Crippen LogP) is 3.69. The molecule has 1 aliphatic heterocycles. The predicted molar refractivity (Wildman–Crippen MR) is 108 cm³/mol. The molecule has 0 spiro atoms. The highest BCUT2D eigenvalue weighted by atomic mass is 19.1. The molecule has 3 atom stereocenters. The van der Waals surface area contributed by atoms with E-state index in [9.17, 15) is 9.18 Å². The molecule has 3 unspecified atom stereocenters. The van der Waals surface area contributed by atoms with E-state index in [4.69, 9.17) is 5.73 Å². The van der Waals surface area contributed by atoms with E-state index >= 15 is 0 Å². The van der Waals surface area contributed by atoms with Crippen molar-refractivity contribution in [3.8, 4) is 0 Å². The number of hydrogen-bond donors (Lipinski definition) is 2. The summed E-state index contributed by atoms with van der Waals surface area (Å²) < 4.78 is 13.8. The Bertz CT molecular complexity index is 813. The van der Waals surface area contributed by atoms with Gasteiger partial charge >= 0.3 is 0 Å². The van der Waals surface area contributed by atoms with Crippen LogP contribution in [0.1, 0.15) is 39.5 Å². The molecule has 2 aliphatic carbocycles. The summed E-state index contributed by atoms with van der Waals surface area (Å²) in [6.07, 6.45) is 12.6. The van der Waals surface area contributed by atoms with Gasteiger partial charge in [0.1, 0.15) is 5.83 Å². The minimum atomic E-state index is -0.144. The van der Waals surface area contributed by atoms with E-state index in [1.54, 1.807) is 14.0 Å². The number of carbonyl (C=O) groups excluding carboxylic acids is 1. The first kappa shape index (κ1) is 19.5. The molecule has 0 bridgehead atoms. The van der Waals surface area contributed by atoms with Crippen LogP contribution >= 0.6 is 0 Å². The molecule has 4 nitrogen and oxygen atoms in total. The number of nitrogens with two attached hydrogens (primary N) is 1. The molecule has 1 heterocycles.